The Hall–Kier alpha value is -3.00. The van der Waals surface area contributed by atoms with Crippen LogP contribution < -0.4 is 5.73 Å². The van der Waals surface area contributed by atoms with Gasteiger partial charge in [0.25, 0.3) is 0 Å². The number of nitrogen functional groups attached to an aromatic ring is 1. The molecule has 0 atom stereocenters. The van der Waals surface area contributed by atoms with Crippen molar-refractivity contribution in [1.82, 2.24) is 30.1 Å². The van der Waals surface area contributed by atoms with Gasteiger partial charge in [-0.15, -0.1) is 0 Å². The predicted molar refractivity (Wildman–Crippen MR) is 106 cm³/mol. The molecular weight excluding hydrogens is 378 g/mol. The van der Waals surface area contributed by atoms with E-state index in [-0.39, 0.29) is 6.04 Å². The summed E-state index contributed by atoms with van der Waals surface area (Å²) in [6.07, 6.45) is 5.32. The van der Waals surface area contributed by atoms with Crippen molar-refractivity contribution in [3.05, 3.63) is 35.3 Å². The van der Waals surface area contributed by atoms with E-state index >= 15 is 0 Å². The highest BCUT2D eigenvalue weighted by Gasteiger charge is 2.35. The Morgan fingerprint density at radius 1 is 1.29 bits per heavy atom. The van der Waals surface area contributed by atoms with Crippen molar-refractivity contribution in [2.45, 2.75) is 38.6 Å². The molecule has 4 heterocycles. The van der Waals surface area contributed by atoms with Crippen molar-refractivity contribution >= 4 is 28.3 Å². The topological polar surface area (TPSA) is 109 Å². The number of nitrogens with two attached hydrogens (primary N) is 1. The summed E-state index contributed by atoms with van der Waals surface area (Å²) >= 11 is 6.46. The standard InChI is InChI=1S/C19H18ClN7O/c1-9(2)27-17-11(20)8-22-19(21)14(17)15(25-27)16-13(12-4-3-7-23-24-12)18(28-26-16)10-5-6-10/h3-4,7-10H,5-6H2,1-2H3,(H2,21,22). The molecule has 0 spiro atoms. The molecule has 0 radical (unpaired) electrons. The van der Waals surface area contributed by atoms with Gasteiger partial charge in [-0.1, -0.05) is 16.8 Å². The average molecular weight is 396 g/mol. The molecule has 4 aromatic rings. The molecule has 4 aromatic heterocycles. The highest BCUT2D eigenvalue weighted by atomic mass is 35.5. The molecule has 28 heavy (non-hydrogen) atoms. The van der Waals surface area contributed by atoms with Crippen LogP contribution in [0.15, 0.2) is 29.0 Å². The van der Waals surface area contributed by atoms with Crippen LogP contribution in [0.1, 0.15) is 44.4 Å². The zero-order valence-electron chi connectivity index (χ0n) is 15.4. The van der Waals surface area contributed by atoms with Crippen LogP contribution in [0.3, 0.4) is 0 Å². The first-order chi connectivity index (χ1) is 13.6. The highest BCUT2D eigenvalue weighted by molar-refractivity contribution is 6.35. The summed E-state index contributed by atoms with van der Waals surface area (Å²) in [5, 5.41) is 18.6. The van der Waals surface area contributed by atoms with Crippen molar-refractivity contribution in [1.29, 1.82) is 0 Å². The average Bonchev–Trinajstić information content (AvgIpc) is 3.30. The molecule has 0 amide bonds. The summed E-state index contributed by atoms with van der Waals surface area (Å²) in [6.45, 7) is 4.07. The van der Waals surface area contributed by atoms with Gasteiger partial charge in [0.15, 0.2) is 0 Å². The number of halogens is 1. The number of nitrogens with zero attached hydrogens (tertiary/aromatic N) is 6. The molecule has 0 aromatic carbocycles. The summed E-state index contributed by atoms with van der Waals surface area (Å²) in [5.74, 6) is 1.51. The number of aromatic nitrogens is 6. The van der Waals surface area contributed by atoms with Crippen LogP contribution in [-0.2, 0) is 0 Å². The molecule has 0 unspecified atom stereocenters. The maximum atomic E-state index is 6.46. The fourth-order valence-electron chi connectivity index (χ4n) is 3.47. The first-order valence-corrected chi connectivity index (χ1v) is 9.54. The van der Waals surface area contributed by atoms with Crippen LogP contribution in [0, 0.1) is 0 Å². The lowest BCUT2D eigenvalue weighted by Crippen LogP contribution is -2.03. The Bertz CT molecular complexity index is 1180. The van der Waals surface area contributed by atoms with Crippen LogP contribution in [0.25, 0.3) is 33.5 Å². The molecule has 5 rings (SSSR count). The summed E-state index contributed by atoms with van der Waals surface area (Å²) in [5.41, 5.74) is 9.65. The van der Waals surface area contributed by atoms with Gasteiger partial charge in [-0.05, 0) is 38.8 Å². The van der Waals surface area contributed by atoms with Gasteiger partial charge >= 0.3 is 0 Å². The molecule has 0 bridgehead atoms. The van der Waals surface area contributed by atoms with E-state index in [1.165, 1.54) is 0 Å². The summed E-state index contributed by atoms with van der Waals surface area (Å²) < 4.78 is 7.60. The van der Waals surface area contributed by atoms with Gasteiger partial charge in [-0.25, -0.2) is 4.98 Å². The molecule has 1 fully saturated rings. The molecule has 1 saturated carbocycles. The number of hydrogen-bond donors (Lipinski definition) is 1. The maximum Gasteiger partial charge on any atom is 0.149 e. The van der Waals surface area contributed by atoms with E-state index in [4.69, 9.17) is 27.0 Å². The van der Waals surface area contributed by atoms with E-state index in [1.54, 1.807) is 12.4 Å². The second kappa shape index (κ2) is 6.27. The fraction of sp³-hybridized carbons (Fsp3) is 0.316. The number of fused-ring (bicyclic) bond motifs is 1. The minimum absolute atomic E-state index is 0.0744. The molecule has 2 N–H and O–H groups in total. The normalized spacial score (nSPS) is 14.3. The number of pyridine rings is 1. The second-order valence-electron chi connectivity index (χ2n) is 7.26. The van der Waals surface area contributed by atoms with Crippen LogP contribution in [0.5, 0.6) is 0 Å². The minimum atomic E-state index is 0.0744. The lowest BCUT2D eigenvalue weighted by Gasteiger charge is -2.07. The van der Waals surface area contributed by atoms with Crippen LogP contribution in [0.2, 0.25) is 5.02 Å². The van der Waals surface area contributed by atoms with Crippen molar-refractivity contribution < 1.29 is 4.52 Å². The van der Waals surface area contributed by atoms with Crippen molar-refractivity contribution in [3.63, 3.8) is 0 Å². The van der Waals surface area contributed by atoms with Gasteiger partial charge < -0.3 is 10.3 Å². The minimum Gasteiger partial charge on any atom is -0.383 e. The molecule has 8 nitrogen and oxygen atoms in total. The first kappa shape index (κ1) is 17.1. The summed E-state index contributed by atoms with van der Waals surface area (Å²) in [7, 11) is 0. The zero-order valence-corrected chi connectivity index (χ0v) is 16.2. The third-order valence-electron chi connectivity index (χ3n) is 4.92. The molecule has 1 aliphatic rings. The molecule has 142 valence electrons. The quantitative estimate of drug-likeness (QED) is 0.550. The van der Waals surface area contributed by atoms with E-state index in [0.717, 1.165) is 29.7 Å². The maximum absolute atomic E-state index is 6.46. The molecule has 0 saturated heterocycles. The monoisotopic (exact) mass is 395 g/mol. The largest absolute Gasteiger partial charge is 0.383 e. The van der Waals surface area contributed by atoms with Gasteiger partial charge in [0.05, 0.1) is 33.4 Å². The van der Waals surface area contributed by atoms with Crippen molar-refractivity contribution in [2.75, 3.05) is 5.73 Å². The summed E-state index contributed by atoms with van der Waals surface area (Å²) in [4.78, 5) is 4.23. The Kier molecular flexibility index (Phi) is 3.83. The van der Waals surface area contributed by atoms with Gasteiger partial charge in [-0.2, -0.15) is 15.3 Å². The van der Waals surface area contributed by atoms with Gasteiger partial charge in [0.1, 0.15) is 23.0 Å². The smallest absolute Gasteiger partial charge is 0.149 e. The van der Waals surface area contributed by atoms with E-state index in [2.05, 4.69) is 20.3 Å². The number of rotatable bonds is 4. The number of anilines is 1. The third-order valence-corrected chi connectivity index (χ3v) is 5.19. The van der Waals surface area contributed by atoms with Gasteiger partial charge in [0.2, 0.25) is 0 Å². The molecule has 1 aliphatic carbocycles. The molecular formula is C19H18ClN7O. The predicted octanol–water partition coefficient (Wildman–Crippen LogP) is 4.24. The molecule has 0 aliphatic heterocycles. The van der Waals surface area contributed by atoms with Gasteiger partial charge in [0, 0.05) is 18.2 Å². The summed E-state index contributed by atoms with van der Waals surface area (Å²) in [6, 6.07) is 3.81. The Morgan fingerprint density at radius 3 is 2.79 bits per heavy atom. The van der Waals surface area contributed by atoms with E-state index in [9.17, 15) is 0 Å². The fourth-order valence-corrected chi connectivity index (χ4v) is 3.70. The van der Waals surface area contributed by atoms with Crippen molar-refractivity contribution in [2.24, 2.45) is 0 Å². The Labute approximate surface area is 165 Å². The zero-order chi connectivity index (χ0) is 19.4. The second-order valence-corrected chi connectivity index (χ2v) is 7.66. The Morgan fingerprint density at radius 2 is 2.11 bits per heavy atom. The highest BCUT2D eigenvalue weighted by Crippen LogP contribution is 2.48. The molecule has 9 heteroatoms. The van der Waals surface area contributed by atoms with Crippen LogP contribution >= 0.6 is 11.6 Å². The first-order valence-electron chi connectivity index (χ1n) is 9.16. The van der Waals surface area contributed by atoms with Crippen LogP contribution in [-0.4, -0.2) is 30.1 Å². The SMILES string of the molecule is CC(C)n1nc(-c2noc(C3CC3)c2-c2cccnn2)c2c(N)ncc(Cl)c21. The third kappa shape index (κ3) is 2.56. The van der Waals surface area contributed by atoms with E-state index < -0.39 is 0 Å². The van der Waals surface area contributed by atoms with E-state index in [1.807, 2.05) is 30.7 Å². The van der Waals surface area contributed by atoms with Gasteiger partial charge in [-0.3, -0.25) is 4.68 Å². The lowest BCUT2D eigenvalue weighted by atomic mass is 10.0. The number of hydrogen-bond acceptors (Lipinski definition) is 7. The lowest BCUT2D eigenvalue weighted by molar-refractivity contribution is 0.386. The van der Waals surface area contributed by atoms with E-state index in [0.29, 0.717) is 39.2 Å². The van der Waals surface area contributed by atoms with Crippen molar-refractivity contribution in [3.8, 4) is 22.6 Å². The van der Waals surface area contributed by atoms with Crippen LogP contribution in [0.4, 0.5) is 5.82 Å². The Balaban J connectivity index is 1.84.